The van der Waals surface area contributed by atoms with Gasteiger partial charge in [-0.1, -0.05) is 78.9 Å². The highest BCUT2D eigenvalue weighted by Crippen LogP contribution is 2.44. The van der Waals surface area contributed by atoms with Crippen LogP contribution in [0.5, 0.6) is 0 Å². The first-order valence-electron chi connectivity index (χ1n) is 13.3. The van der Waals surface area contributed by atoms with Crippen LogP contribution in [0, 0.1) is 5.92 Å². The molecule has 0 aromatic heterocycles. The number of ether oxygens (including phenoxy) is 2. The zero-order valence-electron chi connectivity index (χ0n) is 21.6. The molecule has 1 heterocycles. The topological polar surface area (TPSA) is 105 Å². The molecule has 8 heteroatoms. The fraction of sp³-hybridized carbons (Fsp3) is 0.323. The molecule has 39 heavy (non-hydrogen) atoms. The van der Waals surface area contributed by atoms with Crippen molar-refractivity contribution < 1.29 is 29.0 Å². The maximum atomic E-state index is 13.2. The third-order valence-electron chi connectivity index (χ3n) is 7.57. The number of carbonyl (C=O) groups excluding carboxylic acids is 2. The molecule has 2 aliphatic rings. The fourth-order valence-corrected chi connectivity index (χ4v) is 5.57. The van der Waals surface area contributed by atoms with Crippen LogP contribution in [0.1, 0.15) is 41.9 Å². The molecule has 2 amide bonds. The van der Waals surface area contributed by atoms with Crippen molar-refractivity contribution in [3.8, 4) is 11.1 Å². The molecule has 0 unspecified atom stereocenters. The molecule has 0 saturated carbocycles. The van der Waals surface area contributed by atoms with E-state index < -0.39 is 24.2 Å². The van der Waals surface area contributed by atoms with E-state index in [0.29, 0.717) is 25.8 Å². The number of piperidine rings is 1. The molecule has 1 fully saturated rings. The summed E-state index contributed by atoms with van der Waals surface area (Å²) < 4.78 is 11.0. The summed E-state index contributed by atoms with van der Waals surface area (Å²) in [5, 5.41) is 12.5. The molecule has 1 saturated heterocycles. The number of hydrogen-bond acceptors (Lipinski definition) is 5. The lowest BCUT2D eigenvalue weighted by molar-refractivity contribution is -0.144. The third-order valence-corrected chi connectivity index (χ3v) is 7.57. The SMILES string of the molecule is O=C(NCC[C@@H]1CC[C@@H](C(=O)O)N(C(=O)OCC2c3ccccc3-c3ccccc32)C1)OCc1ccccc1. The minimum absolute atomic E-state index is 0.0375. The minimum atomic E-state index is -1.04. The van der Waals surface area contributed by atoms with Gasteiger partial charge in [0, 0.05) is 19.0 Å². The van der Waals surface area contributed by atoms with Gasteiger partial charge in [0.2, 0.25) is 0 Å². The van der Waals surface area contributed by atoms with Gasteiger partial charge in [-0.15, -0.1) is 0 Å². The summed E-state index contributed by atoms with van der Waals surface area (Å²) in [5.41, 5.74) is 5.36. The molecule has 0 spiro atoms. The second-order valence-electron chi connectivity index (χ2n) is 10.0. The maximum absolute atomic E-state index is 13.2. The van der Waals surface area contributed by atoms with Crippen LogP contribution in [0.4, 0.5) is 9.59 Å². The van der Waals surface area contributed by atoms with Crippen LogP contribution in [0.25, 0.3) is 11.1 Å². The quantitative estimate of drug-likeness (QED) is 0.405. The normalized spacial score (nSPS) is 18.1. The number of rotatable bonds is 8. The van der Waals surface area contributed by atoms with Gasteiger partial charge in [-0.05, 0) is 53.0 Å². The summed E-state index contributed by atoms with van der Waals surface area (Å²) in [6.07, 6.45) is 0.448. The monoisotopic (exact) mass is 528 g/mol. The molecule has 2 atom stereocenters. The third kappa shape index (κ3) is 6.06. The van der Waals surface area contributed by atoms with Crippen molar-refractivity contribution in [2.24, 2.45) is 5.92 Å². The second kappa shape index (κ2) is 12.0. The highest BCUT2D eigenvalue weighted by molar-refractivity contribution is 5.81. The molecular formula is C31H32N2O6. The summed E-state index contributed by atoms with van der Waals surface area (Å²) in [4.78, 5) is 38.5. The molecule has 5 rings (SSSR count). The first-order chi connectivity index (χ1) is 19.0. The number of carbonyl (C=O) groups is 3. The van der Waals surface area contributed by atoms with E-state index in [4.69, 9.17) is 9.47 Å². The maximum Gasteiger partial charge on any atom is 0.410 e. The molecule has 2 N–H and O–H groups in total. The van der Waals surface area contributed by atoms with Gasteiger partial charge in [-0.25, -0.2) is 14.4 Å². The van der Waals surface area contributed by atoms with E-state index >= 15 is 0 Å². The summed E-state index contributed by atoms with van der Waals surface area (Å²) >= 11 is 0. The molecule has 3 aromatic rings. The molecular weight excluding hydrogens is 496 g/mol. The average molecular weight is 529 g/mol. The summed E-state index contributed by atoms with van der Waals surface area (Å²) in [6.45, 7) is 0.948. The highest BCUT2D eigenvalue weighted by atomic mass is 16.6. The van der Waals surface area contributed by atoms with Crippen LogP contribution >= 0.6 is 0 Å². The lowest BCUT2D eigenvalue weighted by Gasteiger charge is -2.37. The average Bonchev–Trinajstić information content (AvgIpc) is 3.29. The number of benzene rings is 3. The number of carboxylic acids is 1. The Morgan fingerprint density at radius 3 is 2.15 bits per heavy atom. The van der Waals surface area contributed by atoms with Crippen molar-refractivity contribution in [2.45, 2.75) is 37.8 Å². The molecule has 1 aliphatic heterocycles. The van der Waals surface area contributed by atoms with Crippen molar-refractivity contribution in [2.75, 3.05) is 19.7 Å². The van der Waals surface area contributed by atoms with Gasteiger partial charge in [-0.2, -0.15) is 0 Å². The zero-order valence-corrected chi connectivity index (χ0v) is 21.6. The fourth-order valence-electron chi connectivity index (χ4n) is 5.57. The Morgan fingerprint density at radius 2 is 1.49 bits per heavy atom. The number of nitrogens with zero attached hydrogens (tertiary/aromatic N) is 1. The van der Waals surface area contributed by atoms with Gasteiger partial charge in [0.05, 0.1) is 0 Å². The minimum Gasteiger partial charge on any atom is -0.480 e. The first kappa shape index (κ1) is 26.3. The van der Waals surface area contributed by atoms with Crippen molar-refractivity contribution in [1.29, 1.82) is 0 Å². The van der Waals surface area contributed by atoms with E-state index in [9.17, 15) is 19.5 Å². The van der Waals surface area contributed by atoms with E-state index in [2.05, 4.69) is 17.4 Å². The molecule has 0 radical (unpaired) electrons. The number of fused-ring (bicyclic) bond motifs is 3. The predicted octanol–water partition coefficient (Wildman–Crippen LogP) is 5.42. The van der Waals surface area contributed by atoms with Crippen molar-refractivity contribution in [3.05, 3.63) is 95.6 Å². The Balaban J connectivity index is 1.15. The van der Waals surface area contributed by atoms with Crippen LogP contribution < -0.4 is 5.32 Å². The molecule has 0 bridgehead atoms. The van der Waals surface area contributed by atoms with E-state index in [1.165, 1.54) is 4.90 Å². The van der Waals surface area contributed by atoms with E-state index in [1.54, 1.807) is 0 Å². The van der Waals surface area contributed by atoms with Gasteiger partial charge in [0.25, 0.3) is 0 Å². The van der Waals surface area contributed by atoms with Crippen LogP contribution in [0.3, 0.4) is 0 Å². The largest absolute Gasteiger partial charge is 0.480 e. The molecule has 3 aromatic carbocycles. The zero-order chi connectivity index (χ0) is 27.2. The predicted molar refractivity (Wildman–Crippen MR) is 145 cm³/mol. The summed E-state index contributed by atoms with van der Waals surface area (Å²) in [6, 6.07) is 24.6. The van der Waals surface area contributed by atoms with Gasteiger partial charge < -0.3 is 19.9 Å². The van der Waals surface area contributed by atoms with Crippen molar-refractivity contribution >= 4 is 18.2 Å². The molecule has 202 valence electrons. The number of aliphatic carboxylic acids is 1. The Kier molecular flexibility index (Phi) is 8.10. The van der Waals surface area contributed by atoms with Crippen LogP contribution in [-0.2, 0) is 20.9 Å². The Bertz CT molecular complexity index is 1280. The van der Waals surface area contributed by atoms with Gasteiger partial charge in [-0.3, -0.25) is 4.90 Å². The smallest absolute Gasteiger partial charge is 0.410 e. The number of likely N-dealkylation sites (tertiary alicyclic amines) is 1. The van der Waals surface area contributed by atoms with Gasteiger partial charge >= 0.3 is 18.2 Å². The van der Waals surface area contributed by atoms with E-state index in [1.807, 2.05) is 66.7 Å². The Labute approximate surface area is 227 Å². The van der Waals surface area contributed by atoms with E-state index in [-0.39, 0.29) is 31.6 Å². The van der Waals surface area contributed by atoms with Crippen LogP contribution in [0.15, 0.2) is 78.9 Å². The number of nitrogens with one attached hydrogen (secondary N) is 1. The first-order valence-corrected chi connectivity index (χ1v) is 13.3. The molecule has 8 nitrogen and oxygen atoms in total. The lowest BCUT2D eigenvalue weighted by Crippen LogP contribution is -2.51. The van der Waals surface area contributed by atoms with Crippen LogP contribution in [-0.4, -0.2) is 53.9 Å². The van der Waals surface area contributed by atoms with Crippen molar-refractivity contribution in [3.63, 3.8) is 0 Å². The summed E-state index contributed by atoms with van der Waals surface area (Å²) in [5.74, 6) is -1.10. The number of amides is 2. The van der Waals surface area contributed by atoms with Gasteiger partial charge in [0.15, 0.2) is 0 Å². The Morgan fingerprint density at radius 1 is 0.846 bits per heavy atom. The van der Waals surface area contributed by atoms with Crippen LogP contribution in [0.2, 0.25) is 0 Å². The summed E-state index contributed by atoms with van der Waals surface area (Å²) in [7, 11) is 0. The molecule has 1 aliphatic carbocycles. The Hall–Kier alpha value is -4.33. The lowest BCUT2D eigenvalue weighted by atomic mass is 9.90. The van der Waals surface area contributed by atoms with Crippen molar-refractivity contribution in [1.82, 2.24) is 10.2 Å². The number of alkyl carbamates (subject to hydrolysis) is 1. The number of hydrogen-bond donors (Lipinski definition) is 2. The standard InChI is InChI=1S/C31H32N2O6/c34-29(35)28-15-14-21(16-17-32-30(36)38-19-22-8-2-1-3-9-22)18-33(28)31(37)39-20-27-25-12-6-4-10-23(25)24-11-5-7-13-26(24)27/h1-13,21,27-28H,14-20H2,(H,32,36)(H,34,35)/t21-,28-/m0/s1. The van der Waals surface area contributed by atoms with E-state index in [0.717, 1.165) is 27.8 Å². The highest BCUT2D eigenvalue weighted by Gasteiger charge is 2.38. The number of carboxylic acid groups (broad SMARTS) is 1. The second-order valence-corrected chi connectivity index (χ2v) is 10.0. The van der Waals surface area contributed by atoms with Gasteiger partial charge in [0.1, 0.15) is 19.3 Å².